The molecule has 0 spiro atoms. The maximum absolute atomic E-state index is 11.7. The van der Waals surface area contributed by atoms with Crippen molar-refractivity contribution in [1.29, 1.82) is 0 Å². The fraction of sp³-hybridized carbons (Fsp3) is 0.538. The summed E-state index contributed by atoms with van der Waals surface area (Å²) in [4.78, 5) is 33.3. The summed E-state index contributed by atoms with van der Waals surface area (Å²) in [6, 6.07) is 0. The third-order valence-corrected chi connectivity index (χ3v) is 8.58. The molecule has 0 amide bonds. The second kappa shape index (κ2) is 9.33. The standard InChI is InChI=1S/C26H30ClN7O3/c1-14-5-7-16(8-6-14)13-34-20-19(17-11-28-12-18(27)15(17)2)29-22(23-32-25(35)37-33-23)30-21(20)31-24(34)26(36-3)9-4-10-26/h11-12,14,16H,4-10,13H2,1-3H3,(H,32,33,35). The molecule has 0 atom stereocenters. The molecule has 1 N–H and O–H groups in total. The molecule has 4 heterocycles. The maximum Gasteiger partial charge on any atom is 0.439 e. The molecule has 4 aromatic heterocycles. The SMILES string of the molecule is COC1(c2nc3nc(-c4noc(=O)[nH]4)nc(-c4cncc(Cl)c4C)c3n2CC2CCC(C)CC2)CCC1. The van der Waals surface area contributed by atoms with E-state index in [1.807, 2.05) is 6.92 Å². The van der Waals surface area contributed by atoms with Crippen molar-refractivity contribution in [1.82, 2.24) is 34.6 Å². The van der Waals surface area contributed by atoms with Gasteiger partial charge in [0.2, 0.25) is 11.6 Å². The van der Waals surface area contributed by atoms with Gasteiger partial charge in [-0.2, -0.15) is 0 Å². The average Bonchev–Trinajstić information content (AvgIpc) is 3.46. The van der Waals surface area contributed by atoms with E-state index in [9.17, 15) is 4.79 Å². The Hall–Kier alpha value is -3.11. The van der Waals surface area contributed by atoms with E-state index < -0.39 is 11.4 Å². The van der Waals surface area contributed by atoms with Crippen molar-refractivity contribution in [3.05, 3.63) is 39.4 Å². The Morgan fingerprint density at radius 2 is 1.97 bits per heavy atom. The summed E-state index contributed by atoms with van der Waals surface area (Å²) in [6.07, 6.45) is 11.1. The molecule has 0 unspecified atom stereocenters. The lowest BCUT2D eigenvalue weighted by molar-refractivity contribution is -0.0870. The van der Waals surface area contributed by atoms with E-state index in [-0.39, 0.29) is 11.6 Å². The van der Waals surface area contributed by atoms with Crippen LogP contribution in [-0.2, 0) is 16.9 Å². The van der Waals surface area contributed by atoms with E-state index in [2.05, 4.69) is 26.6 Å². The van der Waals surface area contributed by atoms with Gasteiger partial charge in [-0.15, -0.1) is 0 Å². The van der Waals surface area contributed by atoms with Crippen LogP contribution in [0.2, 0.25) is 5.02 Å². The lowest BCUT2D eigenvalue weighted by Gasteiger charge is -2.40. The number of rotatable bonds is 6. The van der Waals surface area contributed by atoms with Crippen LogP contribution in [0.1, 0.15) is 63.3 Å². The van der Waals surface area contributed by atoms with Gasteiger partial charge in [0.1, 0.15) is 22.6 Å². The molecule has 6 rings (SSSR count). The minimum atomic E-state index is -0.675. The number of ether oxygens (including phenoxy) is 1. The number of hydrogen-bond acceptors (Lipinski definition) is 8. The first-order valence-corrected chi connectivity index (χ1v) is 13.3. The van der Waals surface area contributed by atoms with Gasteiger partial charge in [-0.25, -0.2) is 19.7 Å². The highest BCUT2D eigenvalue weighted by Crippen LogP contribution is 2.46. The van der Waals surface area contributed by atoms with Gasteiger partial charge in [-0.05, 0) is 56.4 Å². The van der Waals surface area contributed by atoms with Crippen molar-refractivity contribution in [3.8, 4) is 22.9 Å². The van der Waals surface area contributed by atoms with E-state index in [1.54, 1.807) is 19.5 Å². The zero-order valence-electron chi connectivity index (χ0n) is 21.3. The number of fused-ring (bicyclic) bond motifs is 1. The van der Waals surface area contributed by atoms with Crippen LogP contribution in [0.15, 0.2) is 21.7 Å². The van der Waals surface area contributed by atoms with Crippen LogP contribution in [-0.4, -0.2) is 41.8 Å². The normalized spacial score (nSPS) is 21.3. The molecule has 2 aliphatic rings. The molecule has 2 saturated carbocycles. The molecule has 4 aromatic rings. The summed E-state index contributed by atoms with van der Waals surface area (Å²) < 4.78 is 13.1. The van der Waals surface area contributed by atoms with Gasteiger partial charge >= 0.3 is 5.76 Å². The number of methoxy groups -OCH3 is 1. The number of aromatic nitrogens is 7. The molecule has 0 aliphatic heterocycles. The largest absolute Gasteiger partial charge is 0.439 e. The summed E-state index contributed by atoms with van der Waals surface area (Å²) in [5.74, 6) is 1.85. The summed E-state index contributed by atoms with van der Waals surface area (Å²) in [6.45, 7) is 5.09. The predicted molar refractivity (Wildman–Crippen MR) is 138 cm³/mol. The zero-order valence-corrected chi connectivity index (χ0v) is 22.0. The minimum Gasteiger partial charge on any atom is -0.370 e. The van der Waals surface area contributed by atoms with Crippen LogP contribution in [0.25, 0.3) is 34.1 Å². The Bertz CT molecular complexity index is 1510. The quantitative estimate of drug-likeness (QED) is 0.372. The van der Waals surface area contributed by atoms with Crippen molar-refractivity contribution in [2.24, 2.45) is 11.8 Å². The highest BCUT2D eigenvalue weighted by Gasteiger charge is 2.44. The number of imidazole rings is 1. The van der Waals surface area contributed by atoms with E-state index in [0.29, 0.717) is 22.3 Å². The number of nitrogens with zero attached hydrogens (tertiary/aromatic N) is 6. The number of pyridine rings is 1. The Balaban J connectivity index is 1.62. The molecule has 194 valence electrons. The van der Waals surface area contributed by atoms with Crippen LogP contribution < -0.4 is 5.76 Å². The van der Waals surface area contributed by atoms with Crippen LogP contribution in [0, 0.1) is 18.8 Å². The van der Waals surface area contributed by atoms with E-state index in [1.165, 1.54) is 25.7 Å². The van der Waals surface area contributed by atoms with Gasteiger partial charge < -0.3 is 9.30 Å². The van der Waals surface area contributed by atoms with Crippen LogP contribution >= 0.6 is 11.6 Å². The number of H-pyrrole nitrogens is 1. The van der Waals surface area contributed by atoms with Crippen molar-refractivity contribution in [2.75, 3.05) is 7.11 Å². The fourth-order valence-corrected chi connectivity index (χ4v) is 5.86. The minimum absolute atomic E-state index is 0.142. The molecule has 11 heteroatoms. The van der Waals surface area contributed by atoms with Gasteiger partial charge in [0.05, 0.1) is 5.02 Å². The van der Waals surface area contributed by atoms with Gasteiger partial charge in [0.25, 0.3) is 0 Å². The lowest BCUT2D eigenvalue weighted by atomic mass is 9.78. The zero-order chi connectivity index (χ0) is 25.7. The molecule has 37 heavy (non-hydrogen) atoms. The number of hydrogen-bond donors (Lipinski definition) is 1. The van der Waals surface area contributed by atoms with Crippen LogP contribution in [0.4, 0.5) is 0 Å². The molecule has 2 fully saturated rings. The van der Waals surface area contributed by atoms with E-state index in [4.69, 9.17) is 35.8 Å². The molecule has 0 bridgehead atoms. The average molecular weight is 524 g/mol. The highest BCUT2D eigenvalue weighted by molar-refractivity contribution is 6.31. The Morgan fingerprint density at radius 1 is 1.19 bits per heavy atom. The topological polar surface area (TPSA) is 125 Å². The first kappa shape index (κ1) is 24.2. The fourth-order valence-electron chi connectivity index (χ4n) is 5.71. The summed E-state index contributed by atoms with van der Waals surface area (Å²) in [5.41, 5.74) is 3.15. The smallest absolute Gasteiger partial charge is 0.370 e. The monoisotopic (exact) mass is 523 g/mol. The predicted octanol–water partition coefficient (Wildman–Crippen LogP) is 5.05. The Morgan fingerprint density at radius 3 is 2.62 bits per heavy atom. The Labute approximate surface area is 218 Å². The van der Waals surface area contributed by atoms with E-state index >= 15 is 0 Å². The number of nitrogens with one attached hydrogen (secondary N) is 1. The molecular weight excluding hydrogens is 494 g/mol. The summed E-state index contributed by atoms with van der Waals surface area (Å²) in [7, 11) is 1.76. The summed E-state index contributed by atoms with van der Waals surface area (Å²) in [5, 5.41) is 4.36. The molecule has 10 nitrogen and oxygen atoms in total. The maximum atomic E-state index is 11.7. The first-order valence-electron chi connectivity index (χ1n) is 12.9. The first-order chi connectivity index (χ1) is 17.9. The van der Waals surface area contributed by atoms with Crippen molar-refractivity contribution in [2.45, 2.75) is 70.9 Å². The highest BCUT2D eigenvalue weighted by atomic mass is 35.5. The van der Waals surface area contributed by atoms with Crippen molar-refractivity contribution >= 4 is 22.8 Å². The van der Waals surface area contributed by atoms with E-state index in [0.717, 1.165) is 54.2 Å². The summed E-state index contributed by atoms with van der Waals surface area (Å²) >= 11 is 6.49. The number of aromatic amines is 1. The molecular formula is C26H30ClN7O3. The van der Waals surface area contributed by atoms with Crippen molar-refractivity contribution in [3.63, 3.8) is 0 Å². The molecule has 0 aromatic carbocycles. The van der Waals surface area contributed by atoms with Crippen molar-refractivity contribution < 1.29 is 9.26 Å². The third kappa shape index (κ3) is 4.16. The van der Waals surface area contributed by atoms with Gasteiger partial charge in [-0.3, -0.25) is 14.5 Å². The second-order valence-electron chi connectivity index (χ2n) is 10.5. The third-order valence-electron chi connectivity index (χ3n) is 8.20. The van der Waals surface area contributed by atoms with Gasteiger partial charge in [0, 0.05) is 31.6 Å². The van der Waals surface area contributed by atoms with Crippen LogP contribution in [0.3, 0.4) is 0 Å². The van der Waals surface area contributed by atoms with Crippen LogP contribution in [0.5, 0.6) is 0 Å². The molecule has 0 radical (unpaired) electrons. The Kier molecular flexibility index (Phi) is 6.11. The molecule has 0 saturated heterocycles. The number of halogens is 1. The van der Waals surface area contributed by atoms with Gasteiger partial charge in [-0.1, -0.05) is 36.5 Å². The molecule has 2 aliphatic carbocycles. The van der Waals surface area contributed by atoms with Gasteiger partial charge in [0.15, 0.2) is 5.65 Å². The lowest BCUT2D eigenvalue weighted by Crippen LogP contribution is -2.39. The second-order valence-corrected chi connectivity index (χ2v) is 10.9.